The first-order chi connectivity index (χ1) is 25.2. The van der Waals surface area contributed by atoms with Crippen molar-refractivity contribution in [3.63, 3.8) is 0 Å². The van der Waals surface area contributed by atoms with Gasteiger partial charge in [0.15, 0.2) is 5.84 Å². The molecule has 0 saturated carbocycles. The number of fused-ring (bicyclic) bond motifs is 5. The average Bonchev–Trinajstić information content (AvgIpc) is 3.57. The predicted molar refractivity (Wildman–Crippen MR) is 211 cm³/mol. The number of hydrogen-bond donors (Lipinski definition) is 1. The molecule has 0 saturated heterocycles. The van der Waals surface area contributed by atoms with Crippen LogP contribution in [-0.2, 0) is 0 Å². The van der Waals surface area contributed by atoms with Gasteiger partial charge >= 0.3 is 0 Å². The Kier molecular flexibility index (Phi) is 6.85. The Hall–Kier alpha value is -6.78. The zero-order chi connectivity index (χ0) is 33.7. The molecule has 51 heavy (non-hydrogen) atoms. The van der Waals surface area contributed by atoms with E-state index in [0.29, 0.717) is 5.84 Å². The van der Waals surface area contributed by atoms with E-state index in [1.165, 1.54) is 16.3 Å². The van der Waals surface area contributed by atoms with E-state index in [2.05, 4.69) is 175 Å². The second kappa shape index (κ2) is 12.0. The van der Waals surface area contributed by atoms with Gasteiger partial charge in [-0.05, 0) is 79.7 Å². The van der Waals surface area contributed by atoms with Gasteiger partial charge in [-0.25, -0.2) is 9.98 Å². The molecule has 4 heteroatoms. The van der Waals surface area contributed by atoms with Crippen LogP contribution in [0.4, 0.5) is 0 Å². The zero-order valence-corrected chi connectivity index (χ0v) is 27.6. The molecule has 4 nitrogen and oxygen atoms in total. The van der Waals surface area contributed by atoms with Crippen molar-refractivity contribution in [1.82, 2.24) is 5.32 Å². The quantitative estimate of drug-likeness (QED) is 0.201. The summed E-state index contributed by atoms with van der Waals surface area (Å²) in [5.41, 5.74) is 9.18. The Morgan fingerprint density at radius 2 is 1.08 bits per heavy atom. The summed E-state index contributed by atoms with van der Waals surface area (Å²) >= 11 is 0. The highest BCUT2D eigenvalue weighted by Gasteiger charge is 2.27. The Morgan fingerprint density at radius 1 is 0.471 bits per heavy atom. The fraction of sp³-hybridized carbons (Fsp3) is 0.0213. The van der Waals surface area contributed by atoms with Crippen molar-refractivity contribution < 1.29 is 4.42 Å². The van der Waals surface area contributed by atoms with Gasteiger partial charge in [-0.15, -0.1) is 0 Å². The maximum atomic E-state index is 6.60. The van der Waals surface area contributed by atoms with Crippen LogP contribution in [0.2, 0.25) is 0 Å². The maximum Gasteiger partial charge on any atom is 0.159 e. The lowest BCUT2D eigenvalue weighted by Gasteiger charge is -2.25. The zero-order valence-electron chi connectivity index (χ0n) is 27.6. The van der Waals surface area contributed by atoms with Crippen molar-refractivity contribution in [3.05, 3.63) is 193 Å². The van der Waals surface area contributed by atoms with Crippen molar-refractivity contribution in [1.29, 1.82) is 0 Å². The first-order valence-corrected chi connectivity index (χ1v) is 17.3. The van der Waals surface area contributed by atoms with Crippen molar-refractivity contribution >= 4 is 55.2 Å². The summed E-state index contributed by atoms with van der Waals surface area (Å²) in [6.45, 7) is 0. The Balaban J connectivity index is 1.21. The molecular formula is C47H31N3O. The van der Waals surface area contributed by atoms with Crippen LogP contribution in [0.15, 0.2) is 190 Å². The number of hydrogen-bond acceptors (Lipinski definition) is 4. The third-order valence-electron chi connectivity index (χ3n) is 9.91. The van der Waals surface area contributed by atoms with E-state index in [9.17, 15) is 0 Å². The van der Waals surface area contributed by atoms with Crippen LogP contribution in [0.25, 0.3) is 65.7 Å². The minimum absolute atomic E-state index is 0.371. The van der Waals surface area contributed by atoms with Gasteiger partial charge in [-0.3, -0.25) is 0 Å². The lowest BCUT2D eigenvalue weighted by atomic mass is 9.93. The van der Waals surface area contributed by atoms with Crippen LogP contribution in [0, 0.1) is 0 Å². The highest BCUT2D eigenvalue weighted by atomic mass is 16.3. The molecule has 0 fully saturated rings. The SMILES string of the molecule is c1ccc(-c2ccc(C3=NC(c4ccc5ccccc5c4)NC(c4c(-c5ccccc5)ccc5oc6cc7ccccc7cc6c45)=N3)cc2)cc1. The monoisotopic (exact) mass is 653 g/mol. The number of amidine groups is 2. The second-order valence-electron chi connectivity index (χ2n) is 13.0. The Labute approximate surface area is 295 Å². The van der Waals surface area contributed by atoms with Crippen LogP contribution >= 0.6 is 0 Å². The molecule has 1 unspecified atom stereocenters. The largest absolute Gasteiger partial charge is 0.456 e. The second-order valence-corrected chi connectivity index (χ2v) is 13.0. The first kappa shape index (κ1) is 29.2. The summed E-state index contributed by atoms with van der Waals surface area (Å²) in [5.74, 6) is 1.43. The van der Waals surface area contributed by atoms with Gasteiger partial charge in [-0.2, -0.15) is 0 Å². The van der Waals surface area contributed by atoms with E-state index < -0.39 is 0 Å². The molecule has 1 N–H and O–H groups in total. The minimum Gasteiger partial charge on any atom is -0.456 e. The summed E-state index contributed by atoms with van der Waals surface area (Å²) in [5, 5.41) is 10.6. The van der Waals surface area contributed by atoms with Crippen LogP contribution < -0.4 is 5.32 Å². The topological polar surface area (TPSA) is 49.9 Å². The molecule has 10 rings (SSSR count). The molecule has 2 heterocycles. The molecule has 0 aliphatic carbocycles. The van der Waals surface area contributed by atoms with E-state index in [-0.39, 0.29) is 6.17 Å². The smallest absolute Gasteiger partial charge is 0.159 e. The number of nitrogens with one attached hydrogen (secondary N) is 1. The van der Waals surface area contributed by atoms with Gasteiger partial charge in [0, 0.05) is 21.9 Å². The molecular weight excluding hydrogens is 623 g/mol. The van der Waals surface area contributed by atoms with Crippen LogP contribution in [0.1, 0.15) is 22.9 Å². The average molecular weight is 654 g/mol. The number of rotatable bonds is 5. The van der Waals surface area contributed by atoms with Crippen molar-refractivity contribution in [2.75, 3.05) is 0 Å². The van der Waals surface area contributed by atoms with Gasteiger partial charge in [0.25, 0.3) is 0 Å². The van der Waals surface area contributed by atoms with E-state index in [4.69, 9.17) is 14.4 Å². The van der Waals surface area contributed by atoms with E-state index in [1.807, 2.05) is 6.07 Å². The number of nitrogens with zero attached hydrogens (tertiary/aromatic N) is 2. The molecule has 8 aromatic carbocycles. The summed E-state index contributed by atoms with van der Waals surface area (Å²) in [6, 6.07) is 61.6. The number of benzene rings is 8. The first-order valence-electron chi connectivity index (χ1n) is 17.3. The fourth-order valence-electron chi connectivity index (χ4n) is 7.35. The highest BCUT2D eigenvalue weighted by molar-refractivity contribution is 6.25. The van der Waals surface area contributed by atoms with E-state index in [0.717, 1.165) is 71.9 Å². The molecule has 1 atom stereocenters. The summed E-state index contributed by atoms with van der Waals surface area (Å²) < 4.78 is 6.60. The molecule has 0 radical (unpaired) electrons. The lowest BCUT2D eigenvalue weighted by molar-refractivity contribution is 0.668. The van der Waals surface area contributed by atoms with Crippen LogP contribution in [-0.4, -0.2) is 11.7 Å². The molecule has 0 amide bonds. The molecule has 9 aromatic rings. The molecule has 1 aliphatic heterocycles. The maximum absolute atomic E-state index is 6.60. The third kappa shape index (κ3) is 5.17. The Bertz CT molecular complexity index is 2820. The normalized spacial score (nSPS) is 14.5. The Morgan fingerprint density at radius 3 is 1.82 bits per heavy atom. The van der Waals surface area contributed by atoms with Gasteiger partial charge in [0.1, 0.15) is 23.2 Å². The molecule has 240 valence electrons. The summed E-state index contributed by atoms with van der Waals surface area (Å²) in [4.78, 5) is 10.6. The highest BCUT2D eigenvalue weighted by Crippen LogP contribution is 2.40. The number of furan rings is 1. The van der Waals surface area contributed by atoms with Gasteiger partial charge in [-0.1, -0.05) is 146 Å². The third-order valence-corrected chi connectivity index (χ3v) is 9.91. The number of aliphatic imine (C=N–C) groups is 2. The molecule has 0 bridgehead atoms. The van der Waals surface area contributed by atoms with Crippen molar-refractivity contribution in [2.24, 2.45) is 9.98 Å². The standard InChI is InChI=1S/C47H31N3O/c1-3-11-30(12-4-1)32-19-22-34(23-20-32)45-48-46(38-24-21-31-13-7-8-16-35(31)27-38)50-47(49-45)44-39(33-14-5-2-6-15-33)25-26-41-43(44)40-28-36-17-9-10-18-37(36)29-42(40)51-41/h1-29,46H,(H,48,49,50). The molecule has 0 spiro atoms. The molecule has 1 aromatic heterocycles. The van der Waals surface area contributed by atoms with Crippen LogP contribution in [0.5, 0.6) is 0 Å². The molecule has 1 aliphatic rings. The lowest BCUT2D eigenvalue weighted by Crippen LogP contribution is -2.34. The van der Waals surface area contributed by atoms with Gasteiger partial charge in [0.05, 0.1) is 0 Å². The van der Waals surface area contributed by atoms with Crippen LogP contribution in [0.3, 0.4) is 0 Å². The summed E-state index contributed by atoms with van der Waals surface area (Å²) in [6.07, 6.45) is -0.371. The van der Waals surface area contributed by atoms with Crippen molar-refractivity contribution in [2.45, 2.75) is 6.17 Å². The predicted octanol–water partition coefficient (Wildman–Crippen LogP) is 11.7. The van der Waals surface area contributed by atoms with E-state index in [1.54, 1.807) is 0 Å². The van der Waals surface area contributed by atoms with Crippen molar-refractivity contribution in [3.8, 4) is 22.3 Å². The fourth-order valence-corrected chi connectivity index (χ4v) is 7.35. The summed E-state index contributed by atoms with van der Waals surface area (Å²) in [7, 11) is 0. The minimum atomic E-state index is -0.371. The van der Waals surface area contributed by atoms with Gasteiger partial charge < -0.3 is 9.73 Å². The van der Waals surface area contributed by atoms with Gasteiger partial charge in [0.2, 0.25) is 0 Å². The van der Waals surface area contributed by atoms with E-state index >= 15 is 0 Å².